The number of rotatable bonds is 7. The van der Waals surface area contributed by atoms with Gasteiger partial charge in [-0.05, 0) is 73.0 Å². The van der Waals surface area contributed by atoms with Gasteiger partial charge in [0.15, 0.2) is 0 Å². The predicted molar refractivity (Wildman–Crippen MR) is 155 cm³/mol. The predicted octanol–water partition coefficient (Wildman–Crippen LogP) is 6.26. The number of fused-ring (bicyclic) bond motifs is 2. The van der Waals surface area contributed by atoms with Crippen molar-refractivity contribution in [3.05, 3.63) is 109 Å². The zero-order valence-electron chi connectivity index (χ0n) is 22.2. The minimum atomic E-state index is -0.527. The molecule has 8 nitrogen and oxygen atoms in total. The number of nitrogens with zero attached hydrogens (tertiary/aromatic N) is 4. The number of carbonyl (C=O) groups is 1. The summed E-state index contributed by atoms with van der Waals surface area (Å²) in [5.74, 6) is 1.20. The summed E-state index contributed by atoms with van der Waals surface area (Å²) >= 11 is 0. The molecule has 4 aromatic heterocycles. The Morgan fingerprint density at radius 2 is 1.85 bits per heavy atom. The molecule has 1 N–H and O–H groups in total. The molecule has 6 aromatic rings. The highest BCUT2D eigenvalue weighted by Crippen LogP contribution is 2.38. The first-order chi connectivity index (χ1) is 19.6. The first kappa shape index (κ1) is 25.1. The number of nitrogens with one attached hydrogen (secondary N) is 1. The van der Waals surface area contributed by atoms with E-state index < -0.39 is 6.09 Å². The lowest BCUT2D eigenvalue weighted by atomic mass is 9.98. The number of hydrogen-bond donors (Lipinski definition) is 1. The summed E-state index contributed by atoms with van der Waals surface area (Å²) in [5.41, 5.74) is 7.12. The van der Waals surface area contributed by atoms with Gasteiger partial charge in [0.05, 0.1) is 23.8 Å². The van der Waals surface area contributed by atoms with Crippen molar-refractivity contribution in [1.29, 1.82) is 0 Å². The van der Waals surface area contributed by atoms with Gasteiger partial charge < -0.3 is 14.8 Å². The Kier molecular flexibility index (Phi) is 6.80. The maximum Gasteiger partial charge on any atom is 0.412 e. The van der Waals surface area contributed by atoms with E-state index in [0.29, 0.717) is 24.2 Å². The zero-order chi connectivity index (χ0) is 27.5. The van der Waals surface area contributed by atoms with Crippen LogP contribution in [0, 0.1) is 6.92 Å². The summed E-state index contributed by atoms with van der Waals surface area (Å²) < 4.78 is 12.8. The summed E-state index contributed by atoms with van der Waals surface area (Å²) in [6.45, 7) is 2.39. The molecule has 8 heteroatoms. The summed E-state index contributed by atoms with van der Waals surface area (Å²) in [5, 5.41) is 8.60. The molecular formula is C32H27N5O3. The van der Waals surface area contributed by atoms with Crippen molar-refractivity contribution in [2.24, 2.45) is 0 Å². The first-order valence-electron chi connectivity index (χ1n) is 13.0. The number of carbonyl (C=O) groups excluding carboxylic acids is 1. The van der Waals surface area contributed by atoms with E-state index in [4.69, 9.17) is 19.6 Å². The average molecular weight is 530 g/mol. The van der Waals surface area contributed by atoms with Crippen LogP contribution in [0.2, 0.25) is 0 Å². The van der Waals surface area contributed by atoms with E-state index >= 15 is 0 Å². The molecule has 0 aliphatic carbocycles. The number of benzene rings is 2. The van der Waals surface area contributed by atoms with E-state index in [0.717, 1.165) is 50.4 Å². The second-order valence-corrected chi connectivity index (χ2v) is 9.33. The highest BCUT2D eigenvalue weighted by atomic mass is 16.6. The molecule has 6 rings (SSSR count). The molecule has 0 bridgehead atoms. The number of pyridine rings is 3. The minimum absolute atomic E-state index is 0.410. The minimum Gasteiger partial charge on any atom is -0.496 e. The van der Waals surface area contributed by atoms with E-state index in [1.807, 2.05) is 90.4 Å². The molecule has 2 aromatic carbocycles. The third kappa shape index (κ3) is 4.94. The molecular weight excluding hydrogens is 502 g/mol. The van der Waals surface area contributed by atoms with Crippen LogP contribution in [-0.4, -0.2) is 39.3 Å². The first-order valence-corrected chi connectivity index (χ1v) is 13.0. The van der Waals surface area contributed by atoms with Gasteiger partial charge in [-0.3, -0.25) is 9.97 Å². The Bertz CT molecular complexity index is 1850. The number of aryl methyl sites for hydroxylation is 1. The maximum absolute atomic E-state index is 12.5. The number of methoxy groups -OCH3 is 1. The number of hydrogen-bond acceptors (Lipinski definition) is 6. The van der Waals surface area contributed by atoms with Crippen LogP contribution in [0.3, 0.4) is 0 Å². The van der Waals surface area contributed by atoms with Gasteiger partial charge in [0.25, 0.3) is 0 Å². The highest BCUT2D eigenvalue weighted by molar-refractivity contribution is 6.03. The van der Waals surface area contributed by atoms with Gasteiger partial charge in [0.2, 0.25) is 0 Å². The Labute approximate surface area is 231 Å². The van der Waals surface area contributed by atoms with Crippen molar-refractivity contribution in [2.45, 2.75) is 13.3 Å². The molecule has 0 spiro atoms. The molecule has 0 aliphatic heterocycles. The smallest absolute Gasteiger partial charge is 0.412 e. The lowest BCUT2D eigenvalue weighted by molar-refractivity contribution is 0.200. The summed E-state index contributed by atoms with van der Waals surface area (Å²) in [6, 6.07) is 27.1. The van der Waals surface area contributed by atoms with Gasteiger partial charge in [0.1, 0.15) is 17.2 Å². The van der Waals surface area contributed by atoms with Crippen LogP contribution >= 0.6 is 0 Å². The second kappa shape index (κ2) is 10.9. The van der Waals surface area contributed by atoms with Gasteiger partial charge in [0, 0.05) is 41.6 Å². The topological polar surface area (TPSA) is 90.6 Å². The van der Waals surface area contributed by atoms with Gasteiger partial charge in [-0.25, -0.2) is 9.31 Å². The number of ether oxygens (including phenoxy) is 2. The number of aromatic nitrogens is 4. The Hall–Kier alpha value is -5.24. The molecule has 0 radical (unpaired) electrons. The zero-order valence-corrected chi connectivity index (χ0v) is 22.2. The fourth-order valence-electron chi connectivity index (χ4n) is 4.88. The van der Waals surface area contributed by atoms with Gasteiger partial charge in [-0.15, -0.1) is 0 Å². The lowest BCUT2D eigenvalue weighted by Gasteiger charge is -2.11. The summed E-state index contributed by atoms with van der Waals surface area (Å²) in [4.78, 5) is 21.8. The summed E-state index contributed by atoms with van der Waals surface area (Å²) in [7, 11) is 1.63. The maximum atomic E-state index is 12.5. The quantitative estimate of drug-likeness (QED) is 0.263. The molecule has 4 heterocycles. The monoisotopic (exact) mass is 529 g/mol. The van der Waals surface area contributed by atoms with Crippen molar-refractivity contribution in [3.63, 3.8) is 0 Å². The SMILES string of the molecule is COc1ccccc1CCNC(=O)Oc1ccc2c(-c3c(-c4cccc(C)n4)nn4ccccc34)ccnc2c1. The van der Waals surface area contributed by atoms with E-state index in [2.05, 4.69) is 10.3 Å². The molecule has 40 heavy (non-hydrogen) atoms. The van der Waals surface area contributed by atoms with Crippen molar-refractivity contribution in [1.82, 2.24) is 24.9 Å². The van der Waals surface area contributed by atoms with Crippen molar-refractivity contribution in [2.75, 3.05) is 13.7 Å². The van der Waals surface area contributed by atoms with E-state index in [-0.39, 0.29) is 0 Å². The van der Waals surface area contributed by atoms with E-state index in [1.165, 1.54) is 0 Å². The molecule has 0 aliphatic rings. The van der Waals surface area contributed by atoms with Crippen LogP contribution in [0.4, 0.5) is 4.79 Å². The normalized spacial score (nSPS) is 11.1. The van der Waals surface area contributed by atoms with Gasteiger partial charge in [-0.1, -0.05) is 30.3 Å². The van der Waals surface area contributed by atoms with Gasteiger partial charge >= 0.3 is 6.09 Å². The third-order valence-electron chi connectivity index (χ3n) is 6.72. The second-order valence-electron chi connectivity index (χ2n) is 9.33. The Balaban J connectivity index is 1.28. The summed E-state index contributed by atoms with van der Waals surface area (Å²) in [6.07, 6.45) is 3.79. The van der Waals surface area contributed by atoms with Gasteiger partial charge in [-0.2, -0.15) is 5.10 Å². The molecule has 0 fully saturated rings. The largest absolute Gasteiger partial charge is 0.496 e. The average Bonchev–Trinajstić information content (AvgIpc) is 3.36. The van der Waals surface area contributed by atoms with Crippen LogP contribution in [0.15, 0.2) is 97.3 Å². The number of para-hydroxylation sites is 1. The van der Waals surface area contributed by atoms with E-state index in [9.17, 15) is 4.79 Å². The van der Waals surface area contributed by atoms with Crippen LogP contribution in [0.5, 0.6) is 11.5 Å². The molecule has 1 amide bonds. The standard InChI is InChI=1S/C32H27N5O3/c1-21-8-7-10-26(35-21)31-30(28-11-5-6-19-37(28)36-31)25-16-18-33-27-20-23(13-14-24(25)27)40-32(38)34-17-15-22-9-3-4-12-29(22)39-2/h3-14,16,18-20H,15,17H2,1-2H3,(H,34,38). The third-order valence-corrected chi connectivity index (χ3v) is 6.72. The highest BCUT2D eigenvalue weighted by Gasteiger charge is 2.20. The van der Waals surface area contributed by atoms with Crippen LogP contribution in [0.25, 0.3) is 38.9 Å². The fourth-order valence-corrected chi connectivity index (χ4v) is 4.88. The van der Waals surface area contributed by atoms with Crippen LogP contribution in [-0.2, 0) is 6.42 Å². The van der Waals surface area contributed by atoms with Crippen LogP contribution < -0.4 is 14.8 Å². The van der Waals surface area contributed by atoms with Crippen LogP contribution in [0.1, 0.15) is 11.3 Å². The molecule has 0 saturated heterocycles. The fraction of sp³-hybridized carbons (Fsp3) is 0.125. The van der Waals surface area contributed by atoms with Crippen molar-refractivity contribution >= 4 is 22.5 Å². The molecule has 0 unspecified atom stereocenters. The molecule has 0 atom stereocenters. The Morgan fingerprint density at radius 3 is 2.73 bits per heavy atom. The van der Waals surface area contributed by atoms with Crippen molar-refractivity contribution in [3.8, 4) is 34.0 Å². The molecule has 0 saturated carbocycles. The van der Waals surface area contributed by atoms with Crippen molar-refractivity contribution < 1.29 is 14.3 Å². The number of amides is 1. The van der Waals surface area contributed by atoms with E-state index in [1.54, 1.807) is 25.4 Å². The Morgan fingerprint density at radius 1 is 0.975 bits per heavy atom. The molecule has 198 valence electrons. The lowest BCUT2D eigenvalue weighted by Crippen LogP contribution is -2.28.